The molecule has 3 atom stereocenters. The van der Waals surface area contributed by atoms with Gasteiger partial charge in [-0.15, -0.1) is 0 Å². The topological polar surface area (TPSA) is 54.9 Å². The van der Waals surface area contributed by atoms with Gasteiger partial charge in [-0.3, -0.25) is 4.79 Å². The zero-order chi connectivity index (χ0) is 16.4. The molecule has 0 unspecified atom stereocenters. The molecule has 0 saturated carbocycles. The predicted molar refractivity (Wildman–Crippen MR) is 87.8 cm³/mol. The SMILES string of the molecule is C[C@@H]1CN(C(=O)c2ccc(N3C[C@H](C)O[C@@H](C)C3)nc2)CCO1. The number of nitrogens with zero attached hydrogens (tertiary/aromatic N) is 3. The van der Waals surface area contributed by atoms with E-state index in [1.54, 1.807) is 6.20 Å². The van der Waals surface area contributed by atoms with E-state index in [9.17, 15) is 4.79 Å². The van der Waals surface area contributed by atoms with Gasteiger partial charge in [0.25, 0.3) is 5.91 Å². The molecule has 1 aromatic heterocycles. The summed E-state index contributed by atoms with van der Waals surface area (Å²) in [6.07, 6.45) is 2.16. The number of aromatic nitrogens is 1. The van der Waals surface area contributed by atoms with Crippen molar-refractivity contribution in [2.45, 2.75) is 39.1 Å². The lowest BCUT2D eigenvalue weighted by Gasteiger charge is -2.36. The Kier molecular flexibility index (Phi) is 4.82. The molecule has 2 aliphatic heterocycles. The van der Waals surface area contributed by atoms with Gasteiger partial charge in [-0.1, -0.05) is 0 Å². The number of amides is 1. The monoisotopic (exact) mass is 319 g/mol. The van der Waals surface area contributed by atoms with Crippen LogP contribution < -0.4 is 4.90 Å². The van der Waals surface area contributed by atoms with Gasteiger partial charge in [0.05, 0.1) is 30.5 Å². The number of rotatable bonds is 2. The Hall–Kier alpha value is -1.66. The minimum atomic E-state index is 0.0305. The van der Waals surface area contributed by atoms with Gasteiger partial charge in [-0.05, 0) is 32.9 Å². The number of pyridine rings is 1. The molecule has 0 aromatic carbocycles. The number of carbonyl (C=O) groups is 1. The highest BCUT2D eigenvalue weighted by molar-refractivity contribution is 5.94. The molecule has 1 aromatic rings. The van der Waals surface area contributed by atoms with E-state index in [1.165, 1.54) is 0 Å². The van der Waals surface area contributed by atoms with Gasteiger partial charge < -0.3 is 19.3 Å². The number of ether oxygens (including phenoxy) is 2. The van der Waals surface area contributed by atoms with Crippen LogP contribution in [0.1, 0.15) is 31.1 Å². The van der Waals surface area contributed by atoms with Crippen LogP contribution in [0.2, 0.25) is 0 Å². The molecule has 0 aliphatic carbocycles. The highest BCUT2D eigenvalue weighted by Crippen LogP contribution is 2.19. The lowest BCUT2D eigenvalue weighted by atomic mass is 10.2. The van der Waals surface area contributed by atoms with Gasteiger partial charge >= 0.3 is 0 Å². The second kappa shape index (κ2) is 6.84. The molecular weight excluding hydrogens is 294 g/mol. The highest BCUT2D eigenvalue weighted by atomic mass is 16.5. The minimum absolute atomic E-state index is 0.0305. The summed E-state index contributed by atoms with van der Waals surface area (Å²) in [5, 5.41) is 0. The van der Waals surface area contributed by atoms with Gasteiger partial charge in [0, 0.05) is 32.4 Å². The van der Waals surface area contributed by atoms with E-state index in [2.05, 4.69) is 23.7 Å². The molecule has 0 spiro atoms. The molecule has 0 bridgehead atoms. The normalized spacial score (nSPS) is 28.7. The third-order valence-electron chi connectivity index (χ3n) is 4.27. The molecule has 3 heterocycles. The fraction of sp³-hybridized carbons (Fsp3) is 0.647. The van der Waals surface area contributed by atoms with Crippen molar-refractivity contribution in [2.24, 2.45) is 0 Å². The van der Waals surface area contributed by atoms with E-state index in [0.717, 1.165) is 18.9 Å². The first-order valence-electron chi connectivity index (χ1n) is 8.30. The average molecular weight is 319 g/mol. The quantitative estimate of drug-likeness (QED) is 0.828. The van der Waals surface area contributed by atoms with Crippen LogP contribution in [0.3, 0.4) is 0 Å². The summed E-state index contributed by atoms with van der Waals surface area (Å²) >= 11 is 0. The second-order valence-corrected chi connectivity index (χ2v) is 6.50. The Balaban J connectivity index is 1.68. The smallest absolute Gasteiger partial charge is 0.255 e. The molecule has 2 aliphatic rings. The van der Waals surface area contributed by atoms with E-state index in [-0.39, 0.29) is 24.2 Å². The Morgan fingerprint density at radius 2 is 1.87 bits per heavy atom. The van der Waals surface area contributed by atoms with Gasteiger partial charge in [0.15, 0.2) is 0 Å². The lowest BCUT2D eigenvalue weighted by Crippen LogP contribution is -2.46. The molecule has 2 fully saturated rings. The number of anilines is 1. The van der Waals surface area contributed by atoms with Crippen LogP contribution in [-0.2, 0) is 9.47 Å². The first kappa shape index (κ1) is 16.2. The van der Waals surface area contributed by atoms with Crippen molar-refractivity contribution < 1.29 is 14.3 Å². The van der Waals surface area contributed by atoms with E-state index in [1.807, 2.05) is 24.0 Å². The molecule has 1 amide bonds. The Bertz CT molecular complexity index is 539. The van der Waals surface area contributed by atoms with Crippen molar-refractivity contribution in [2.75, 3.05) is 37.7 Å². The third-order valence-corrected chi connectivity index (χ3v) is 4.27. The van der Waals surface area contributed by atoms with Crippen molar-refractivity contribution in [3.8, 4) is 0 Å². The van der Waals surface area contributed by atoms with Crippen molar-refractivity contribution in [1.82, 2.24) is 9.88 Å². The van der Waals surface area contributed by atoms with Gasteiger partial charge in [-0.25, -0.2) is 4.98 Å². The van der Waals surface area contributed by atoms with Crippen LogP contribution in [0.15, 0.2) is 18.3 Å². The fourth-order valence-corrected chi connectivity index (χ4v) is 3.25. The molecular formula is C17H25N3O3. The summed E-state index contributed by atoms with van der Waals surface area (Å²) in [7, 11) is 0. The van der Waals surface area contributed by atoms with E-state index >= 15 is 0 Å². The zero-order valence-electron chi connectivity index (χ0n) is 14.1. The van der Waals surface area contributed by atoms with Crippen molar-refractivity contribution >= 4 is 11.7 Å². The average Bonchev–Trinajstić information content (AvgIpc) is 2.53. The number of hydrogen-bond acceptors (Lipinski definition) is 5. The summed E-state index contributed by atoms with van der Waals surface area (Å²) in [6, 6.07) is 3.80. The van der Waals surface area contributed by atoms with E-state index in [0.29, 0.717) is 25.3 Å². The maximum absolute atomic E-state index is 12.5. The molecule has 6 nitrogen and oxygen atoms in total. The van der Waals surface area contributed by atoms with Crippen molar-refractivity contribution in [3.05, 3.63) is 23.9 Å². The zero-order valence-corrected chi connectivity index (χ0v) is 14.1. The Morgan fingerprint density at radius 3 is 2.48 bits per heavy atom. The largest absolute Gasteiger partial charge is 0.375 e. The maximum atomic E-state index is 12.5. The van der Waals surface area contributed by atoms with Crippen LogP contribution in [0.4, 0.5) is 5.82 Å². The van der Waals surface area contributed by atoms with Gasteiger partial charge in [0.1, 0.15) is 5.82 Å². The molecule has 23 heavy (non-hydrogen) atoms. The Morgan fingerprint density at radius 1 is 1.13 bits per heavy atom. The fourth-order valence-electron chi connectivity index (χ4n) is 3.25. The summed E-state index contributed by atoms with van der Waals surface area (Å²) in [5.41, 5.74) is 0.636. The molecule has 0 N–H and O–H groups in total. The summed E-state index contributed by atoms with van der Waals surface area (Å²) < 4.78 is 11.2. The first-order chi connectivity index (χ1) is 11.0. The number of carbonyl (C=O) groups excluding carboxylic acids is 1. The highest BCUT2D eigenvalue weighted by Gasteiger charge is 2.25. The predicted octanol–water partition coefficient (Wildman–Crippen LogP) is 1.56. The van der Waals surface area contributed by atoms with E-state index < -0.39 is 0 Å². The van der Waals surface area contributed by atoms with Crippen molar-refractivity contribution in [3.63, 3.8) is 0 Å². The summed E-state index contributed by atoms with van der Waals surface area (Å²) in [4.78, 5) is 21.1. The van der Waals surface area contributed by atoms with Crippen LogP contribution in [-0.4, -0.2) is 66.9 Å². The minimum Gasteiger partial charge on any atom is -0.375 e. The van der Waals surface area contributed by atoms with E-state index in [4.69, 9.17) is 9.47 Å². The van der Waals surface area contributed by atoms with Gasteiger partial charge in [-0.2, -0.15) is 0 Å². The number of hydrogen-bond donors (Lipinski definition) is 0. The summed E-state index contributed by atoms with van der Waals surface area (Å²) in [5.74, 6) is 0.932. The molecule has 0 radical (unpaired) electrons. The molecule has 2 saturated heterocycles. The molecule has 6 heteroatoms. The number of morpholine rings is 2. The maximum Gasteiger partial charge on any atom is 0.255 e. The molecule has 3 rings (SSSR count). The molecule has 126 valence electrons. The van der Waals surface area contributed by atoms with Crippen LogP contribution in [0.5, 0.6) is 0 Å². The van der Waals surface area contributed by atoms with Crippen LogP contribution in [0, 0.1) is 0 Å². The Labute approximate surface area is 137 Å². The third kappa shape index (κ3) is 3.82. The van der Waals surface area contributed by atoms with Crippen LogP contribution >= 0.6 is 0 Å². The van der Waals surface area contributed by atoms with Crippen molar-refractivity contribution in [1.29, 1.82) is 0 Å². The second-order valence-electron chi connectivity index (χ2n) is 6.50. The lowest BCUT2D eigenvalue weighted by molar-refractivity contribution is -0.0124. The standard InChI is InChI=1S/C17H25N3O3/c1-12-9-19(6-7-22-12)17(21)15-4-5-16(18-8-15)20-10-13(2)23-14(3)11-20/h4-5,8,12-14H,6-7,9-11H2,1-3H3/t12-,13+,14+/m1/s1. The first-order valence-corrected chi connectivity index (χ1v) is 8.30. The van der Waals surface area contributed by atoms with Gasteiger partial charge in [0.2, 0.25) is 0 Å². The summed E-state index contributed by atoms with van der Waals surface area (Å²) in [6.45, 7) is 9.66. The van der Waals surface area contributed by atoms with Crippen LogP contribution in [0.25, 0.3) is 0 Å².